The summed E-state index contributed by atoms with van der Waals surface area (Å²) in [5.41, 5.74) is 6.25. The molecular formula is C31H31F4N5O2. The van der Waals surface area contributed by atoms with Gasteiger partial charge in [0.05, 0.1) is 13.1 Å². The maximum Gasteiger partial charge on any atom is 0.331 e. The second-order valence-electron chi connectivity index (χ2n) is 10.4. The Morgan fingerprint density at radius 2 is 1.45 bits per heavy atom. The number of anilines is 1. The third-order valence-electron chi connectivity index (χ3n) is 7.73. The SMILES string of the molecule is Cc1c(N2CCN(Cc3cc(F)ccc3F)CC2)c(=O)n(C[C@H](N)c2ccccc2)c(=O)n1Cc1c(F)cccc1F. The molecule has 0 bridgehead atoms. The van der Waals surface area contributed by atoms with E-state index in [1.165, 1.54) is 10.6 Å². The molecule has 1 aliphatic rings. The Morgan fingerprint density at radius 3 is 2.12 bits per heavy atom. The van der Waals surface area contributed by atoms with Crippen LogP contribution in [0.25, 0.3) is 0 Å². The van der Waals surface area contributed by atoms with Gasteiger partial charge in [-0.05, 0) is 42.8 Å². The molecule has 7 nitrogen and oxygen atoms in total. The third-order valence-corrected chi connectivity index (χ3v) is 7.73. The Hall–Kier alpha value is -4.22. The molecule has 0 amide bonds. The predicted molar refractivity (Wildman–Crippen MR) is 152 cm³/mol. The van der Waals surface area contributed by atoms with E-state index in [9.17, 15) is 27.2 Å². The predicted octanol–water partition coefficient (Wildman–Crippen LogP) is 3.95. The van der Waals surface area contributed by atoms with Gasteiger partial charge in [-0.3, -0.25) is 18.8 Å². The van der Waals surface area contributed by atoms with Crippen LogP contribution >= 0.6 is 0 Å². The Labute approximate surface area is 240 Å². The van der Waals surface area contributed by atoms with Gasteiger partial charge >= 0.3 is 5.69 Å². The number of nitrogens with two attached hydrogens (primary N) is 1. The third kappa shape index (κ3) is 6.02. The minimum absolute atomic E-state index is 0.145. The van der Waals surface area contributed by atoms with Gasteiger partial charge < -0.3 is 10.6 Å². The lowest BCUT2D eigenvalue weighted by molar-refractivity contribution is 0.245. The Bertz CT molecular complexity index is 1680. The van der Waals surface area contributed by atoms with Crippen molar-refractivity contribution in [2.45, 2.75) is 32.6 Å². The number of piperazine rings is 1. The molecule has 3 aromatic carbocycles. The molecule has 0 aliphatic carbocycles. The monoisotopic (exact) mass is 581 g/mol. The van der Waals surface area contributed by atoms with Gasteiger partial charge in [-0.15, -0.1) is 0 Å². The number of hydrogen-bond acceptors (Lipinski definition) is 5. The molecule has 0 saturated carbocycles. The summed E-state index contributed by atoms with van der Waals surface area (Å²) < 4.78 is 59.4. The minimum Gasteiger partial charge on any atom is -0.363 e. The normalized spacial score (nSPS) is 14.8. The summed E-state index contributed by atoms with van der Waals surface area (Å²) in [6.45, 7) is 2.77. The van der Waals surface area contributed by atoms with E-state index in [4.69, 9.17) is 5.73 Å². The molecule has 220 valence electrons. The summed E-state index contributed by atoms with van der Waals surface area (Å²) in [5.74, 6) is -2.64. The zero-order chi connectivity index (χ0) is 30.0. The maximum atomic E-state index is 14.6. The largest absolute Gasteiger partial charge is 0.363 e. The molecule has 1 fully saturated rings. The fourth-order valence-corrected chi connectivity index (χ4v) is 5.38. The van der Waals surface area contributed by atoms with E-state index in [0.29, 0.717) is 26.2 Å². The summed E-state index contributed by atoms with van der Waals surface area (Å²) in [4.78, 5) is 31.3. The van der Waals surface area contributed by atoms with Crippen LogP contribution in [0, 0.1) is 30.2 Å². The Balaban J connectivity index is 1.50. The highest BCUT2D eigenvalue weighted by Gasteiger charge is 2.27. The van der Waals surface area contributed by atoms with E-state index in [2.05, 4.69) is 0 Å². The summed E-state index contributed by atoms with van der Waals surface area (Å²) in [6, 6.07) is 15.1. The van der Waals surface area contributed by atoms with Crippen LogP contribution < -0.4 is 21.9 Å². The molecule has 0 spiro atoms. The lowest BCUT2D eigenvalue weighted by atomic mass is 10.1. The number of benzene rings is 3. The molecule has 2 N–H and O–H groups in total. The Morgan fingerprint density at radius 1 is 0.786 bits per heavy atom. The van der Waals surface area contributed by atoms with Gasteiger partial charge in [-0.1, -0.05) is 36.4 Å². The summed E-state index contributed by atoms with van der Waals surface area (Å²) in [7, 11) is 0. The van der Waals surface area contributed by atoms with Gasteiger partial charge in [0.15, 0.2) is 0 Å². The van der Waals surface area contributed by atoms with Crippen LogP contribution in [-0.4, -0.2) is 40.2 Å². The van der Waals surface area contributed by atoms with E-state index in [0.717, 1.165) is 40.5 Å². The average Bonchev–Trinajstić information content (AvgIpc) is 2.98. The molecule has 4 aromatic rings. The van der Waals surface area contributed by atoms with Crippen molar-refractivity contribution in [3.8, 4) is 0 Å². The van der Waals surface area contributed by atoms with Crippen LogP contribution in [0.1, 0.15) is 28.4 Å². The second-order valence-corrected chi connectivity index (χ2v) is 10.4. The number of hydrogen-bond donors (Lipinski definition) is 1. The highest BCUT2D eigenvalue weighted by atomic mass is 19.1. The van der Waals surface area contributed by atoms with Crippen molar-refractivity contribution in [1.29, 1.82) is 0 Å². The highest BCUT2D eigenvalue weighted by Crippen LogP contribution is 2.21. The minimum atomic E-state index is -0.806. The second kappa shape index (κ2) is 12.3. The number of rotatable bonds is 8. The van der Waals surface area contributed by atoms with Crippen LogP contribution in [0.2, 0.25) is 0 Å². The first-order chi connectivity index (χ1) is 20.1. The molecule has 42 heavy (non-hydrogen) atoms. The van der Waals surface area contributed by atoms with Crippen LogP contribution in [-0.2, 0) is 19.6 Å². The molecule has 1 aromatic heterocycles. The van der Waals surface area contributed by atoms with Crippen LogP contribution in [0.5, 0.6) is 0 Å². The average molecular weight is 582 g/mol. The van der Waals surface area contributed by atoms with Gasteiger partial charge in [0.25, 0.3) is 5.56 Å². The zero-order valence-corrected chi connectivity index (χ0v) is 23.1. The van der Waals surface area contributed by atoms with E-state index >= 15 is 0 Å². The molecule has 0 unspecified atom stereocenters. The van der Waals surface area contributed by atoms with E-state index in [-0.39, 0.29) is 35.6 Å². The van der Waals surface area contributed by atoms with Gasteiger partial charge in [-0.2, -0.15) is 0 Å². The number of nitrogens with zero attached hydrogens (tertiary/aromatic N) is 4. The van der Waals surface area contributed by atoms with Crippen molar-refractivity contribution in [1.82, 2.24) is 14.0 Å². The van der Waals surface area contributed by atoms with E-state index in [1.54, 1.807) is 31.2 Å². The van der Waals surface area contributed by atoms with Crippen molar-refractivity contribution in [2.24, 2.45) is 5.73 Å². The van der Waals surface area contributed by atoms with Crippen molar-refractivity contribution in [3.63, 3.8) is 0 Å². The summed E-state index contributed by atoms with van der Waals surface area (Å²) >= 11 is 0. The summed E-state index contributed by atoms with van der Waals surface area (Å²) in [6.07, 6.45) is 0. The zero-order valence-electron chi connectivity index (χ0n) is 23.1. The lowest BCUT2D eigenvalue weighted by Crippen LogP contribution is -2.51. The van der Waals surface area contributed by atoms with E-state index in [1.807, 2.05) is 15.9 Å². The van der Waals surface area contributed by atoms with Crippen LogP contribution in [0.15, 0.2) is 76.3 Å². The molecule has 0 radical (unpaired) electrons. The number of halogens is 4. The molecule has 2 heterocycles. The standard InChI is InChI=1S/C31H31F4N5O2/c1-20-29(38-14-12-37(13-15-38)17-22-16-23(32)10-11-25(22)33)30(41)40(19-28(36)21-6-3-2-4-7-21)31(42)39(20)18-24-26(34)8-5-9-27(24)35/h2-11,16,28H,12-15,17-19,36H2,1H3/t28-/m0/s1. The van der Waals surface area contributed by atoms with E-state index < -0.39 is 47.1 Å². The van der Waals surface area contributed by atoms with Gasteiger partial charge in [0, 0.05) is 55.6 Å². The fraction of sp³-hybridized carbons (Fsp3) is 0.290. The number of aromatic nitrogens is 2. The lowest BCUT2D eigenvalue weighted by Gasteiger charge is -2.37. The molecule has 1 saturated heterocycles. The van der Waals surface area contributed by atoms with Crippen LogP contribution in [0.4, 0.5) is 23.2 Å². The molecular weight excluding hydrogens is 550 g/mol. The maximum absolute atomic E-state index is 14.6. The molecule has 11 heteroatoms. The topological polar surface area (TPSA) is 76.5 Å². The summed E-state index contributed by atoms with van der Waals surface area (Å²) in [5, 5.41) is 0. The first-order valence-electron chi connectivity index (χ1n) is 13.6. The van der Waals surface area contributed by atoms with Crippen molar-refractivity contribution >= 4 is 5.69 Å². The first-order valence-corrected chi connectivity index (χ1v) is 13.6. The quantitative estimate of drug-likeness (QED) is 0.319. The van der Waals surface area contributed by atoms with Crippen molar-refractivity contribution in [2.75, 3.05) is 31.1 Å². The molecule has 5 rings (SSSR count). The van der Waals surface area contributed by atoms with Gasteiger partial charge in [-0.25, -0.2) is 22.4 Å². The van der Waals surface area contributed by atoms with Crippen molar-refractivity contribution < 1.29 is 17.6 Å². The molecule has 1 aliphatic heterocycles. The van der Waals surface area contributed by atoms with Gasteiger partial charge in [0.2, 0.25) is 0 Å². The van der Waals surface area contributed by atoms with Crippen LogP contribution in [0.3, 0.4) is 0 Å². The smallest absolute Gasteiger partial charge is 0.331 e. The highest BCUT2D eigenvalue weighted by molar-refractivity contribution is 5.50. The van der Waals surface area contributed by atoms with Crippen molar-refractivity contribution in [3.05, 3.63) is 133 Å². The Kier molecular flexibility index (Phi) is 8.60. The fourth-order valence-electron chi connectivity index (χ4n) is 5.38. The first kappa shape index (κ1) is 29.3. The van der Waals surface area contributed by atoms with Gasteiger partial charge in [0.1, 0.15) is 29.0 Å². The molecule has 1 atom stereocenters.